The van der Waals surface area contributed by atoms with E-state index in [1.807, 2.05) is 24.3 Å². The summed E-state index contributed by atoms with van der Waals surface area (Å²) in [6.07, 6.45) is 2.98. The van der Waals surface area contributed by atoms with Crippen molar-refractivity contribution < 1.29 is 4.39 Å². The molecule has 0 saturated carbocycles. The lowest BCUT2D eigenvalue weighted by molar-refractivity contribution is 0.248. The lowest BCUT2D eigenvalue weighted by Crippen LogP contribution is -2.31. The maximum atomic E-state index is 13.7. The van der Waals surface area contributed by atoms with Gasteiger partial charge in [-0.05, 0) is 50.2 Å². The Balaban J connectivity index is 1.78. The summed E-state index contributed by atoms with van der Waals surface area (Å²) in [5.74, 6) is 0.353. The molecule has 1 saturated heterocycles. The Morgan fingerprint density at radius 2 is 2.05 bits per heavy atom. The molecule has 2 heterocycles. The number of rotatable bonds is 3. The van der Waals surface area contributed by atoms with Gasteiger partial charge in [0, 0.05) is 30.3 Å². The van der Waals surface area contributed by atoms with Gasteiger partial charge >= 0.3 is 0 Å². The lowest BCUT2D eigenvalue weighted by Gasteiger charge is -2.29. The van der Waals surface area contributed by atoms with Crippen LogP contribution in [0.1, 0.15) is 35.7 Å². The van der Waals surface area contributed by atoms with E-state index in [-0.39, 0.29) is 5.82 Å². The van der Waals surface area contributed by atoms with Crippen LogP contribution < -0.4 is 0 Å². The van der Waals surface area contributed by atoms with E-state index in [0.29, 0.717) is 17.9 Å². The SMILES string of the molecule is CN1CCC[C@@H](c2cccc(Cc3ccccc3F)n2)C1. The molecule has 2 aromatic rings. The van der Waals surface area contributed by atoms with Crippen LogP contribution in [-0.4, -0.2) is 30.0 Å². The number of hydrogen-bond acceptors (Lipinski definition) is 2. The number of benzene rings is 1. The molecule has 0 N–H and O–H groups in total. The van der Waals surface area contributed by atoms with E-state index in [9.17, 15) is 4.39 Å². The second-order valence-electron chi connectivity index (χ2n) is 5.92. The van der Waals surface area contributed by atoms with Crippen molar-refractivity contribution in [3.63, 3.8) is 0 Å². The molecule has 1 aromatic carbocycles. The van der Waals surface area contributed by atoms with Crippen molar-refractivity contribution in [2.45, 2.75) is 25.2 Å². The highest BCUT2D eigenvalue weighted by atomic mass is 19.1. The molecule has 110 valence electrons. The largest absolute Gasteiger partial charge is 0.306 e. The summed E-state index contributed by atoms with van der Waals surface area (Å²) in [6.45, 7) is 2.24. The van der Waals surface area contributed by atoms with E-state index in [4.69, 9.17) is 4.98 Å². The average molecular weight is 284 g/mol. The highest BCUT2D eigenvalue weighted by molar-refractivity contribution is 5.25. The van der Waals surface area contributed by atoms with Crippen LogP contribution in [-0.2, 0) is 6.42 Å². The van der Waals surface area contributed by atoms with Crippen molar-refractivity contribution in [2.75, 3.05) is 20.1 Å². The minimum Gasteiger partial charge on any atom is -0.306 e. The molecule has 0 spiro atoms. The molecule has 1 aliphatic heterocycles. The first-order chi connectivity index (χ1) is 10.2. The van der Waals surface area contributed by atoms with Crippen molar-refractivity contribution in [1.82, 2.24) is 9.88 Å². The Bertz CT molecular complexity index is 612. The van der Waals surface area contributed by atoms with E-state index in [0.717, 1.165) is 17.9 Å². The molecule has 0 amide bonds. The zero-order valence-electron chi connectivity index (χ0n) is 12.4. The molecular weight excluding hydrogens is 263 g/mol. The second kappa shape index (κ2) is 6.35. The zero-order valence-corrected chi connectivity index (χ0v) is 12.4. The molecule has 0 bridgehead atoms. The maximum Gasteiger partial charge on any atom is 0.126 e. The highest BCUT2D eigenvalue weighted by Crippen LogP contribution is 2.25. The summed E-state index contributed by atoms with van der Waals surface area (Å²) in [5, 5.41) is 0. The minimum absolute atomic E-state index is 0.151. The lowest BCUT2D eigenvalue weighted by atomic mass is 9.94. The standard InChI is InChI=1S/C18H21FN2/c1-21-11-5-7-15(13-21)18-10-4-8-16(20-18)12-14-6-2-3-9-17(14)19/h2-4,6,8-10,15H,5,7,11-13H2,1H3/t15-/m1/s1. The number of likely N-dealkylation sites (N-methyl/N-ethyl adjacent to an activating group) is 1. The molecule has 2 nitrogen and oxygen atoms in total. The molecule has 1 aliphatic rings. The summed E-state index contributed by atoms with van der Waals surface area (Å²) in [6, 6.07) is 13.1. The summed E-state index contributed by atoms with van der Waals surface area (Å²) in [5.41, 5.74) is 2.81. The first-order valence-corrected chi connectivity index (χ1v) is 7.60. The number of pyridine rings is 1. The number of hydrogen-bond donors (Lipinski definition) is 0. The normalized spacial score (nSPS) is 19.6. The van der Waals surface area contributed by atoms with Crippen molar-refractivity contribution >= 4 is 0 Å². The number of likely N-dealkylation sites (tertiary alicyclic amines) is 1. The van der Waals surface area contributed by atoms with Gasteiger partial charge in [0.05, 0.1) is 0 Å². The smallest absolute Gasteiger partial charge is 0.126 e. The fourth-order valence-corrected chi connectivity index (χ4v) is 3.07. The quantitative estimate of drug-likeness (QED) is 0.856. The van der Waals surface area contributed by atoms with Gasteiger partial charge in [-0.3, -0.25) is 4.98 Å². The molecule has 0 aliphatic carbocycles. The third kappa shape index (κ3) is 3.48. The number of aromatic nitrogens is 1. The van der Waals surface area contributed by atoms with E-state index in [2.05, 4.69) is 18.0 Å². The van der Waals surface area contributed by atoms with E-state index < -0.39 is 0 Å². The third-order valence-electron chi connectivity index (χ3n) is 4.20. The van der Waals surface area contributed by atoms with Crippen LogP contribution in [0.25, 0.3) is 0 Å². The van der Waals surface area contributed by atoms with Crippen LogP contribution in [0.3, 0.4) is 0 Å². The summed E-state index contributed by atoms with van der Waals surface area (Å²) in [4.78, 5) is 7.13. The molecule has 3 rings (SSSR count). The van der Waals surface area contributed by atoms with Gasteiger partial charge in [0.25, 0.3) is 0 Å². The van der Waals surface area contributed by atoms with Crippen LogP contribution in [0.15, 0.2) is 42.5 Å². The van der Waals surface area contributed by atoms with Crippen LogP contribution in [0.4, 0.5) is 4.39 Å². The maximum absolute atomic E-state index is 13.7. The number of halogens is 1. The van der Waals surface area contributed by atoms with Crippen LogP contribution >= 0.6 is 0 Å². The van der Waals surface area contributed by atoms with Crippen molar-refractivity contribution in [3.8, 4) is 0 Å². The van der Waals surface area contributed by atoms with Crippen LogP contribution in [0, 0.1) is 5.82 Å². The Labute approximate surface area is 125 Å². The van der Waals surface area contributed by atoms with Crippen LogP contribution in [0.2, 0.25) is 0 Å². The first kappa shape index (κ1) is 14.2. The van der Waals surface area contributed by atoms with Crippen molar-refractivity contribution in [1.29, 1.82) is 0 Å². The van der Waals surface area contributed by atoms with Gasteiger partial charge in [0.15, 0.2) is 0 Å². The molecule has 3 heteroatoms. The third-order valence-corrected chi connectivity index (χ3v) is 4.20. The van der Waals surface area contributed by atoms with Gasteiger partial charge in [-0.2, -0.15) is 0 Å². The second-order valence-corrected chi connectivity index (χ2v) is 5.92. The Morgan fingerprint density at radius 3 is 2.86 bits per heavy atom. The molecule has 1 fully saturated rings. The van der Waals surface area contributed by atoms with Crippen LogP contribution in [0.5, 0.6) is 0 Å². The predicted molar refractivity (Wildman–Crippen MR) is 82.9 cm³/mol. The molecule has 21 heavy (non-hydrogen) atoms. The van der Waals surface area contributed by atoms with Gasteiger partial charge < -0.3 is 4.90 Å². The van der Waals surface area contributed by atoms with Crippen molar-refractivity contribution in [2.24, 2.45) is 0 Å². The van der Waals surface area contributed by atoms with Gasteiger partial charge in [-0.25, -0.2) is 4.39 Å². The predicted octanol–water partition coefficient (Wildman–Crippen LogP) is 3.62. The topological polar surface area (TPSA) is 16.1 Å². The Kier molecular flexibility index (Phi) is 4.30. The Hall–Kier alpha value is -1.74. The van der Waals surface area contributed by atoms with Crippen molar-refractivity contribution in [3.05, 3.63) is 65.2 Å². The van der Waals surface area contributed by atoms with Gasteiger partial charge in [-0.1, -0.05) is 24.3 Å². The van der Waals surface area contributed by atoms with Gasteiger partial charge in [-0.15, -0.1) is 0 Å². The average Bonchev–Trinajstić information content (AvgIpc) is 2.50. The number of nitrogens with zero attached hydrogens (tertiary/aromatic N) is 2. The fourth-order valence-electron chi connectivity index (χ4n) is 3.07. The monoisotopic (exact) mass is 284 g/mol. The molecule has 1 atom stereocenters. The first-order valence-electron chi connectivity index (χ1n) is 7.60. The molecule has 0 radical (unpaired) electrons. The molecule has 1 aromatic heterocycles. The van der Waals surface area contributed by atoms with E-state index in [1.54, 1.807) is 6.07 Å². The van der Waals surface area contributed by atoms with Gasteiger partial charge in [0.1, 0.15) is 5.82 Å². The van der Waals surface area contributed by atoms with E-state index >= 15 is 0 Å². The van der Waals surface area contributed by atoms with Gasteiger partial charge in [0.2, 0.25) is 0 Å². The summed E-state index contributed by atoms with van der Waals surface area (Å²) in [7, 11) is 2.16. The summed E-state index contributed by atoms with van der Waals surface area (Å²) < 4.78 is 13.7. The molecule has 0 unspecified atom stereocenters. The minimum atomic E-state index is -0.151. The van der Waals surface area contributed by atoms with E-state index in [1.165, 1.54) is 25.5 Å². The zero-order chi connectivity index (χ0) is 14.7. The number of piperidine rings is 1. The Morgan fingerprint density at radius 1 is 1.19 bits per heavy atom. The summed E-state index contributed by atoms with van der Waals surface area (Å²) >= 11 is 0. The molecular formula is C18H21FN2. The highest BCUT2D eigenvalue weighted by Gasteiger charge is 2.20. The fraction of sp³-hybridized carbons (Fsp3) is 0.389.